The van der Waals surface area contributed by atoms with Gasteiger partial charge in [0.05, 0.1) is 16.2 Å². The van der Waals surface area contributed by atoms with Gasteiger partial charge in [-0.3, -0.25) is 14.9 Å². The first-order valence-corrected chi connectivity index (χ1v) is 9.11. The number of furan rings is 1. The molecule has 1 heterocycles. The van der Waals surface area contributed by atoms with E-state index >= 15 is 0 Å². The van der Waals surface area contributed by atoms with Gasteiger partial charge in [-0.1, -0.05) is 11.6 Å². The molecule has 0 aliphatic carbocycles. The van der Waals surface area contributed by atoms with Crippen LogP contribution >= 0.6 is 11.6 Å². The molecule has 162 valence electrons. The number of amides is 1. The van der Waals surface area contributed by atoms with E-state index < -0.39 is 39.5 Å². The molecule has 0 atom stereocenters. The van der Waals surface area contributed by atoms with Crippen LogP contribution in [0.15, 0.2) is 64.6 Å². The van der Waals surface area contributed by atoms with Crippen molar-refractivity contribution < 1.29 is 27.3 Å². The number of nitro benzene ring substituents is 1. The van der Waals surface area contributed by atoms with Gasteiger partial charge in [0, 0.05) is 28.8 Å². The molecule has 11 heteroatoms. The molecule has 0 unspecified atom stereocenters. The summed E-state index contributed by atoms with van der Waals surface area (Å²) in [5.41, 5.74) is -2.79. The standard InChI is InChI=1S/C21H11ClF3N3O4/c22-14-3-1-12(2-4-14)19-8-6-16(32-19)9-13(11-26)20(29)27-18-7-5-15(28(30)31)10-17(18)21(23,24)25/h1-10H,(H,27,29). The Morgan fingerprint density at radius 2 is 1.84 bits per heavy atom. The van der Waals surface area contributed by atoms with Gasteiger partial charge in [-0.25, -0.2) is 0 Å². The van der Waals surface area contributed by atoms with Crippen LogP contribution in [0.1, 0.15) is 11.3 Å². The van der Waals surface area contributed by atoms with Crippen LogP contribution in [0.3, 0.4) is 0 Å². The lowest BCUT2D eigenvalue weighted by Crippen LogP contribution is -2.18. The molecule has 0 radical (unpaired) electrons. The predicted molar refractivity (Wildman–Crippen MR) is 109 cm³/mol. The number of nitrogens with one attached hydrogen (secondary N) is 1. The molecule has 0 fully saturated rings. The zero-order valence-electron chi connectivity index (χ0n) is 15.8. The normalized spacial score (nSPS) is 11.7. The van der Waals surface area contributed by atoms with Crippen molar-refractivity contribution in [1.82, 2.24) is 0 Å². The van der Waals surface area contributed by atoms with E-state index in [0.717, 1.165) is 18.2 Å². The molecular formula is C21H11ClF3N3O4. The minimum Gasteiger partial charge on any atom is -0.457 e. The molecule has 0 spiro atoms. The quantitative estimate of drug-likeness (QED) is 0.214. The van der Waals surface area contributed by atoms with Gasteiger partial charge in [0.2, 0.25) is 0 Å². The van der Waals surface area contributed by atoms with Gasteiger partial charge in [0.15, 0.2) is 0 Å². The van der Waals surface area contributed by atoms with Crippen molar-refractivity contribution in [3.8, 4) is 17.4 Å². The molecule has 3 aromatic rings. The highest BCUT2D eigenvalue weighted by Gasteiger charge is 2.36. The Balaban J connectivity index is 1.87. The highest BCUT2D eigenvalue weighted by Crippen LogP contribution is 2.37. The van der Waals surface area contributed by atoms with Crippen molar-refractivity contribution in [3.05, 3.63) is 86.6 Å². The van der Waals surface area contributed by atoms with Crippen LogP contribution in [0.2, 0.25) is 5.02 Å². The molecule has 1 N–H and O–H groups in total. The summed E-state index contributed by atoms with van der Waals surface area (Å²) < 4.78 is 45.4. The molecule has 0 saturated carbocycles. The average Bonchev–Trinajstić information content (AvgIpc) is 3.20. The number of non-ortho nitro benzene ring substituents is 1. The number of nitrogens with zero attached hydrogens (tertiary/aromatic N) is 2. The second kappa shape index (κ2) is 8.95. The third kappa shape index (κ3) is 5.14. The average molecular weight is 462 g/mol. The number of hydrogen-bond donors (Lipinski definition) is 1. The fraction of sp³-hybridized carbons (Fsp3) is 0.0476. The minimum atomic E-state index is -4.97. The Labute approximate surface area is 183 Å². The topological polar surface area (TPSA) is 109 Å². The summed E-state index contributed by atoms with van der Waals surface area (Å²) in [6, 6.07) is 13.2. The molecule has 3 rings (SSSR count). The fourth-order valence-corrected chi connectivity index (χ4v) is 2.80. The van der Waals surface area contributed by atoms with Crippen molar-refractivity contribution in [2.24, 2.45) is 0 Å². The largest absolute Gasteiger partial charge is 0.457 e. The van der Waals surface area contributed by atoms with Gasteiger partial charge >= 0.3 is 6.18 Å². The van der Waals surface area contributed by atoms with Crippen LogP contribution in [0, 0.1) is 21.4 Å². The summed E-state index contributed by atoms with van der Waals surface area (Å²) in [6.07, 6.45) is -3.91. The molecule has 0 bridgehead atoms. The number of carbonyl (C=O) groups excluding carboxylic acids is 1. The van der Waals surface area contributed by atoms with Gasteiger partial charge < -0.3 is 9.73 Å². The molecule has 0 aliphatic rings. The van der Waals surface area contributed by atoms with E-state index in [-0.39, 0.29) is 5.76 Å². The summed E-state index contributed by atoms with van der Waals surface area (Å²) in [5.74, 6) is -0.613. The van der Waals surface area contributed by atoms with Crippen molar-refractivity contribution >= 4 is 35.0 Å². The molecule has 2 aromatic carbocycles. The van der Waals surface area contributed by atoms with Crippen LogP contribution in [0.25, 0.3) is 17.4 Å². The van der Waals surface area contributed by atoms with Gasteiger partial charge in [-0.05, 0) is 42.5 Å². The minimum absolute atomic E-state index is 0.112. The first-order valence-electron chi connectivity index (χ1n) is 8.73. The summed E-state index contributed by atoms with van der Waals surface area (Å²) in [6.45, 7) is 0. The smallest absolute Gasteiger partial charge is 0.418 e. The maximum absolute atomic E-state index is 13.3. The summed E-state index contributed by atoms with van der Waals surface area (Å²) in [4.78, 5) is 22.2. The summed E-state index contributed by atoms with van der Waals surface area (Å²) in [5, 5.41) is 22.6. The third-order valence-electron chi connectivity index (χ3n) is 4.17. The molecule has 0 aliphatic heterocycles. The van der Waals surface area contributed by atoms with E-state index in [2.05, 4.69) is 0 Å². The number of nitro groups is 1. The zero-order chi connectivity index (χ0) is 23.5. The number of anilines is 1. The van der Waals surface area contributed by atoms with Gasteiger partial charge in [0.1, 0.15) is 23.2 Å². The van der Waals surface area contributed by atoms with E-state index in [4.69, 9.17) is 16.0 Å². The zero-order valence-corrected chi connectivity index (χ0v) is 16.6. The maximum Gasteiger partial charge on any atom is 0.418 e. The molecule has 1 aromatic heterocycles. The van der Waals surface area contributed by atoms with Crippen molar-refractivity contribution in [2.75, 3.05) is 5.32 Å². The van der Waals surface area contributed by atoms with Crippen LogP contribution < -0.4 is 5.32 Å². The number of hydrogen-bond acceptors (Lipinski definition) is 5. The van der Waals surface area contributed by atoms with E-state index in [1.807, 2.05) is 5.32 Å². The van der Waals surface area contributed by atoms with Crippen LogP contribution in [0.5, 0.6) is 0 Å². The first kappa shape index (κ1) is 22.6. The summed E-state index contributed by atoms with van der Waals surface area (Å²) >= 11 is 5.83. The molecular weight excluding hydrogens is 451 g/mol. The highest BCUT2D eigenvalue weighted by atomic mass is 35.5. The Morgan fingerprint density at radius 1 is 1.16 bits per heavy atom. The second-order valence-corrected chi connectivity index (χ2v) is 6.75. The van der Waals surface area contributed by atoms with Crippen LogP contribution in [-0.4, -0.2) is 10.8 Å². The van der Waals surface area contributed by atoms with Crippen molar-refractivity contribution in [1.29, 1.82) is 5.26 Å². The van der Waals surface area contributed by atoms with E-state index in [0.29, 0.717) is 22.4 Å². The number of nitriles is 1. The molecule has 0 saturated heterocycles. The predicted octanol–water partition coefficient (Wildman–Crippen LogP) is 6.07. The van der Waals surface area contributed by atoms with Gasteiger partial charge in [0.25, 0.3) is 11.6 Å². The third-order valence-corrected chi connectivity index (χ3v) is 4.43. The van der Waals surface area contributed by atoms with Crippen molar-refractivity contribution in [3.63, 3.8) is 0 Å². The number of halogens is 4. The SMILES string of the molecule is N#CC(=Cc1ccc(-c2ccc(Cl)cc2)o1)C(=O)Nc1ccc([N+](=O)[O-])cc1C(F)(F)F. The van der Waals surface area contributed by atoms with E-state index in [1.165, 1.54) is 6.07 Å². The number of alkyl halides is 3. The monoisotopic (exact) mass is 461 g/mol. The van der Waals surface area contributed by atoms with E-state index in [1.54, 1.807) is 36.4 Å². The molecule has 32 heavy (non-hydrogen) atoms. The Kier molecular flexibility index (Phi) is 6.32. The van der Waals surface area contributed by atoms with Gasteiger partial charge in [-0.15, -0.1) is 0 Å². The fourth-order valence-electron chi connectivity index (χ4n) is 2.67. The number of carbonyl (C=O) groups is 1. The summed E-state index contributed by atoms with van der Waals surface area (Å²) in [7, 11) is 0. The Hall–Kier alpha value is -4.10. The van der Waals surface area contributed by atoms with Crippen LogP contribution in [-0.2, 0) is 11.0 Å². The Bertz CT molecular complexity index is 1260. The second-order valence-electron chi connectivity index (χ2n) is 6.32. The molecule has 7 nitrogen and oxygen atoms in total. The van der Waals surface area contributed by atoms with Crippen molar-refractivity contribution in [2.45, 2.75) is 6.18 Å². The number of benzene rings is 2. The lowest BCUT2D eigenvalue weighted by molar-refractivity contribution is -0.385. The van der Waals surface area contributed by atoms with Gasteiger partial charge in [-0.2, -0.15) is 18.4 Å². The Morgan fingerprint density at radius 3 is 2.44 bits per heavy atom. The lowest BCUT2D eigenvalue weighted by atomic mass is 10.1. The van der Waals surface area contributed by atoms with E-state index in [9.17, 15) is 33.3 Å². The highest BCUT2D eigenvalue weighted by molar-refractivity contribution is 6.30. The lowest BCUT2D eigenvalue weighted by Gasteiger charge is -2.13. The first-order chi connectivity index (χ1) is 15.1. The molecule has 1 amide bonds. The number of rotatable bonds is 5. The maximum atomic E-state index is 13.3. The van der Waals surface area contributed by atoms with Crippen LogP contribution in [0.4, 0.5) is 24.5 Å².